The summed E-state index contributed by atoms with van der Waals surface area (Å²) in [4.78, 5) is 27.1. The maximum atomic E-state index is 14.4. The van der Waals surface area contributed by atoms with E-state index in [1.807, 2.05) is 0 Å². The molecule has 0 unspecified atom stereocenters. The number of hydrogen-bond acceptors (Lipinski definition) is 22. The molecule has 1 aromatic heterocycles. The van der Waals surface area contributed by atoms with Crippen molar-refractivity contribution in [1.82, 2.24) is 0 Å². The van der Waals surface area contributed by atoms with Crippen molar-refractivity contribution >= 4 is 23.0 Å². The van der Waals surface area contributed by atoms with E-state index in [2.05, 4.69) is 0 Å². The highest BCUT2D eigenvalue weighted by Gasteiger charge is 2.52. The van der Waals surface area contributed by atoms with Crippen LogP contribution in [0.3, 0.4) is 0 Å². The molecule has 3 saturated heterocycles. The second-order valence-corrected chi connectivity index (χ2v) is 15.2. The van der Waals surface area contributed by atoms with Crippen LogP contribution in [-0.2, 0) is 28.5 Å². The lowest BCUT2D eigenvalue weighted by atomic mass is 9.97. The molecule has 12 N–H and O–H groups in total. The first-order valence-corrected chi connectivity index (χ1v) is 19.7. The summed E-state index contributed by atoms with van der Waals surface area (Å²) >= 11 is 0. The lowest BCUT2D eigenvalue weighted by Gasteiger charge is -2.46. The van der Waals surface area contributed by atoms with Gasteiger partial charge in [0.2, 0.25) is 23.8 Å². The Kier molecular flexibility index (Phi) is 14.1. The molecular weight excluding hydrogens is 856 g/mol. The smallest absolute Gasteiger partial charge is 0.331 e. The summed E-state index contributed by atoms with van der Waals surface area (Å²) in [5.41, 5.74) is -0.820. The second-order valence-electron chi connectivity index (χ2n) is 15.2. The second kappa shape index (κ2) is 19.3. The van der Waals surface area contributed by atoms with Gasteiger partial charge in [-0.3, -0.25) is 4.79 Å². The molecule has 15 atom stereocenters. The number of carbonyl (C=O) groups excluding carboxylic acids is 1. The SMILES string of the molecule is C[C@@H]1O[C@@H](Oc2c(-c3ccc(O)cc3)oc3cc(O[C@@H]4O[C@H](CO)[C@@H](O)[C@H](O)[C@H]4O)cc(O)c3c2=O)[C@@H](O[C@@H]2O[C@H](CO)[C@@H](OC(=O)/C=C/c3ccc(O)cc3)[C@@H](O)[C@H]2O)[C@H](O)[C@H]1O. The van der Waals surface area contributed by atoms with Gasteiger partial charge < -0.3 is 98.9 Å². The molecule has 0 radical (unpaired) electrons. The standard InChI is InChI=1S/C42H46O22/c1-16-28(49)32(53)39(64-41-35(56)33(54)37(25(15-44)61-41)62-26(48)11-4-17-2-7-19(45)8-3-17)42(57-16)63-38-30(51)27-22(47)12-21(58-40-34(55)31(52)29(50)24(14-43)60-40)13-23(27)59-36(38)18-5-9-20(46)10-6-18/h2-13,16,24-25,28-29,31-35,37,39-47,49-50,52-56H,14-15H2,1H3/b11-4+/t16-,24+,25+,28-,29+,31-,32+,33-,34+,35+,37+,39-,40+,41-,42-/m0/s1. The number of aliphatic hydroxyl groups is 9. The highest BCUT2D eigenvalue weighted by molar-refractivity contribution is 5.88. The molecule has 3 aromatic carbocycles. The molecule has 4 heterocycles. The highest BCUT2D eigenvalue weighted by Crippen LogP contribution is 2.39. The number of benzene rings is 3. The Morgan fingerprint density at radius 1 is 0.672 bits per heavy atom. The molecule has 0 aliphatic carbocycles. The van der Waals surface area contributed by atoms with Gasteiger partial charge in [0.15, 0.2) is 24.3 Å². The molecule has 0 spiro atoms. The monoisotopic (exact) mass is 902 g/mol. The van der Waals surface area contributed by atoms with Crippen LogP contribution in [0.5, 0.6) is 28.7 Å². The number of aliphatic hydroxyl groups excluding tert-OH is 9. The predicted octanol–water partition coefficient (Wildman–Crippen LogP) is -1.95. The van der Waals surface area contributed by atoms with Gasteiger partial charge in [0.05, 0.1) is 19.3 Å². The molecule has 346 valence electrons. The lowest BCUT2D eigenvalue weighted by molar-refractivity contribution is -0.355. The fourth-order valence-corrected chi connectivity index (χ4v) is 7.28. The van der Waals surface area contributed by atoms with Gasteiger partial charge in [0, 0.05) is 23.8 Å². The highest BCUT2D eigenvalue weighted by atomic mass is 16.8. The number of fused-ring (bicyclic) bond motifs is 1. The fourth-order valence-electron chi connectivity index (χ4n) is 7.28. The van der Waals surface area contributed by atoms with Crippen LogP contribution in [0.2, 0.25) is 0 Å². The summed E-state index contributed by atoms with van der Waals surface area (Å²) in [5.74, 6) is -3.31. The van der Waals surface area contributed by atoms with Crippen molar-refractivity contribution in [3.05, 3.63) is 82.5 Å². The largest absolute Gasteiger partial charge is 0.508 e. The van der Waals surface area contributed by atoms with Crippen LogP contribution in [0.4, 0.5) is 0 Å². The predicted molar refractivity (Wildman–Crippen MR) is 212 cm³/mol. The number of esters is 1. The van der Waals surface area contributed by atoms with Crippen molar-refractivity contribution in [3.8, 4) is 40.1 Å². The van der Waals surface area contributed by atoms with Gasteiger partial charge in [-0.1, -0.05) is 12.1 Å². The van der Waals surface area contributed by atoms with Crippen LogP contribution in [-0.4, -0.2) is 173 Å². The quantitative estimate of drug-likeness (QED) is 0.0543. The summed E-state index contributed by atoms with van der Waals surface area (Å²) < 4.78 is 45.9. The van der Waals surface area contributed by atoms with E-state index in [1.54, 1.807) is 0 Å². The molecule has 22 heteroatoms. The van der Waals surface area contributed by atoms with Gasteiger partial charge in [0.1, 0.15) is 88.9 Å². The van der Waals surface area contributed by atoms with Crippen LogP contribution in [0, 0.1) is 0 Å². The summed E-state index contributed by atoms with van der Waals surface area (Å²) in [5, 5.41) is 125. The summed E-state index contributed by atoms with van der Waals surface area (Å²) in [6, 6.07) is 13.0. The van der Waals surface area contributed by atoms with E-state index in [0.717, 1.165) is 18.2 Å². The van der Waals surface area contributed by atoms with E-state index in [-0.39, 0.29) is 34.2 Å². The normalized spacial score (nSPS) is 33.2. The van der Waals surface area contributed by atoms with E-state index in [9.17, 15) is 70.9 Å². The third kappa shape index (κ3) is 9.50. The zero-order chi connectivity index (χ0) is 46.1. The molecule has 0 amide bonds. The van der Waals surface area contributed by atoms with E-state index in [4.69, 9.17) is 37.6 Å². The first-order chi connectivity index (χ1) is 30.5. The maximum absolute atomic E-state index is 14.4. The lowest BCUT2D eigenvalue weighted by Crippen LogP contribution is -2.65. The number of ether oxygens (including phenoxy) is 7. The van der Waals surface area contributed by atoms with E-state index >= 15 is 0 Å². The van der Waals surface area contributed by atoms with Gasteiger partial charge in [-0.05, 0) is 55.0 Å². The van der Waals surface area contributed by atoms with Crippen molar-refractivity contribution in [1.29, 1.82) is 0 Å². The number of hydrogen-bond donors (Lipinski definition) is 12. The number of rotatable bonds is 12. The summed E-state index contributed by atoms with van der Waals surface area (Å²) in [6.07, 6.45) is -23.8. The third-order valence-electron chi connectivity index (χ3n) is 10.8. The Morgan fingerprint density at radius 2 is 1.28 bits per heavy atom. The fraction of sp³-hybridized carbons (Fsp3) is 0.429. The minimum absolute atomic E-state index is 0.00649. The van der Waals surface area contributed by atoms with Gasteiger partial charge in [-0.25, -0.2) is 4.79 Å². The van der Waals surface area contributed by atoms with Gasteiger partial charge in [0.25, 0.3) is 0 Å². The Bertz CT molecular complexity index is 2330. The Hall–Kier alpha value is -5.44. The molecule has 0 saturated carbocycles. The molecule has 3 fully saturated rings. The van der Waals surface area contributed by atoms with Crippen LogP contribution in [0.15, 0.2) is 76.0 Å². The number of aromatic hydroxyl groups is 3. The minimum atomic E-state index is -2.05. The number of phenols is 3. The topological polar surface area (TPSA) is 355 Å². The maximum Gasteiger partial charge on any atom is 0.331 e. The van der Waals surface area contributed by atoms with Crippen molar-refractivity contribution in [2.45, 2.75) is 99.0 Å². The average Bonchev–Trinajstić information content (AvgIpc) is 3.27. The number of phenolic OH excluding ortho intramolecular Hbond substituents is 3. The van der Waals surface area contributed by atoms with Crippen molar-refractivity contribution in [2.75, 3.05) is 13.2 Å². The van der Waals surface area contributed by atoms with Crippen LogP contribution in [0.25, 0.3) is 28.4 Å². The summed E-state index contributed by atoms with van der Waals surface area (Å²) in [6.45, 7) is -0.300. The number of carbonyl (C=O) groups is 1. The van der Waals surface area contributed by atoms with Crippen LogP contribution >= 0.6 is 0 Å². The third-order valence-corrected chi connectivity index (χ3v) is 10.8. The molecule has 7 rings (SSSR count). The Balaban J connectivity index is 1.18. The van der Waals surface area contributed by atoms with Gasteiger partial charge in [-0.15, -0.1) is 0 Å². The molecule has 3 aliphatic rings. The zero-order valence-corrected chi connectivity index (χ0v) is 33.5. The molecule has 22 nitrogen and oxygen atoms in total. The molecule has 0 bridgehead atoms. The molecular formula is C42H46O22. The van der Waals surface area contributed by atoms with E-state index < -0.39 is 134 Å². The van der Waals surface area contributed by atoms with Gasteiger partial charge >= 0.3 is 5.97 Å². The Labute approximate surface area is 361 Å². The van der Waals surface area contributed by atoms with Crippen LogP contribution in [0.1, 0.15) is 12.5 Å². The molecule has 64 heavy (non-hydrogen) atoms. The first-order valence-electron chi connectivity index (χ1n) is 19.7. The Morgan fingerprint density at radius 3 is 1.94 bits per heavy atom. The zero-order valence-electron chi connectivity index (χ0n) is 33.5. The van der Waals surface area contributed by atoms with Crippen molar-refractivity contribution in [2.24, 2.45) is 0 Å². The van der Waals surface area contributed by atoms with E-state index in [0.29, 0.717) is 5.56 Å². The van der Waals surface area contributed by atoms with Crippen LogP contribution < -0.4 is 14.9 Å². The molecule has 3 aliphatic heterocycles. The van der Waals surface area contributed by atoms with E-state index in [1.165, 1.54) is 61.5 Å². The first kappa shape index (κ1) is 46.5. The van der Waals surface area contributed by atoms with Gasteiger partial charge in [-0.2, -0.15) is 0 Å². The average molecular weight is 903 g/mol. The van der Waals surface area contributed by atoms with Crippen molar-refractivity contribution in [3.63, 3.8) is 0 Å². The van der Waals surface area contributed by atoms with Crippen molar-refractivity contribution < 1.29 is 104 Å². The molecule has 4 aromatic rings. The summed E-state index contributed by atoms with van der Waals surface area (Å²) in [7, 11) is 0. The minimum Gasteiger partial charge on any atom is -0.508 e.